The zero-order chi connectivity index (χ0) is 13.1. The molecular weight excluding hydrogens is 240 g/mol. The first-order valence-electron chi connectivity index (χ1n) is 6.32. The van der Waals surface area contributed by atoms with Crippen LogP contribution in [0.1, 0.15) is 6.92 Å². The molecule has 0 radical (unpaired) electrons. The lowest BCUT2D eigenvalue weighted by atomic mass is 10.1. The summed E-state index contributed by atoms with van der Waals surface area (Å²) in [6.07, 6.45) is 0. The molecule has 1 N–H and O–H groups in total. The van der Waals surface area contributed by atoms with Crippen molar-refractivity contribution in [1.82, 2.24) is 0 Å². The molecule has 0 atom stereocenters. The van der Waals surface area contributed by atoms with Crippen molar-refractivity contribution in [2.24, 2.45) is 0 Å². The van der Waals surface area contributed by atoms with E-state index in [0.29, 0.717) is 52.9 Å². The van der Waals surface area contributed by atoms with Gasteiger partial charge in [-0.2, -0.15) is 0 Å². The van der Waals surface area contributed by atoms with Crippen LogP contribution in [0, 0.1) is 0 Å². The first-order valence-corrected chi connectivity index (χ1v) is 6.32. The third-order valence-electron chi connectivity index (χ3n) is 2.31. The Morgan fingerprint density at radius 1 is 0.611 bits per heavy atom. The quantitative estimate of drug-likeness (QED) is 0.655. The van der Waals surface area contributed by atoms with Gasteiger partial charge in [-0.25, -0.2) is 0 Å². The Morgan fingerprint density at radius 2 is 0.889 bits per heavy atom. The maximum atomic E-state index is 9.93. The first-order chi connectivity index (χ1) is 8.71. The number of rotatable bonds is 0. The van der Waals surface area contributed by atoms with E-state index < -0.39 is 5.60 Å². The fourth-order valence-electron chi connectivity index (χ4n) is 1.40. The van der Waals surface area contributed by atoms with Crippen LogP contribution in [0.25, 0.3) is 0 Å². The Bertz CT molecular complexity index is 179. The summed E-state index contributed by atoms with van der Waals surface area (Å²) in [7, 11) is 0. The van der Waals surface area contributed by atoms with Gasteiger partial charge in [-0.05, 0) is 6.92 Å². The summed E-state index contributed by atoms with van der Waals surface area (Å²) >= 11 is 0. The molecule has 1 aliphatic rings. The van der Waals surface area contributed by atoms with Gasteiger partial charge in [-0.3, -0.25) is 0 Å². The lowest BCUT2D eigenvalue weighted by molar-refractivity contribution is -0.100. The van der Waals surface area contributed by atoms with Gasteiger partial charge < -0.3 is 28.8 Å². The van der Waals surface area contributed by atoms with Gasteiger partial charge in [0.05, 0.1) is 66.1 Å². The van der Waals surface area contributed by atoms with Crippen molar-refractivity contribution in [3.8, 4) is 0 Å². The second-order valence-electron chi connectivity index (χ2n) is 4.44. The van der Waals surface area contributed by atoms with E-state index in [2.05, 4.69) is 0 Å². The molecular formula is C12H24O6. The summed E-state index contributed by atoms with van der Waals surface area (Å²) in [6.45, 7) is 6.25. The van der Waals surface area contributed by atoms with Gasteiger partial charge in [0.15, 0.2) is 0 Å². The molecule has 0 aromatic heterocycles. The van der Waals surface area contributed by atoms with Gasteiger partial charge in [-0.1, -0.05) is 0 Å². The summed E-state index contributed by atoms with van der Waals surface area (Å²) in [5.41, 5.74) is -0.972. The van der Waals surface area contributed by atoms with Crippen LogP contribution < -0.4 is 0 Å². The Labute approximate surface area is 108 Å². The van der Waals surface area contributed by atoms with Crippen LogP contribution in [0.5, 0.6) is 0 Å². The predicted octanol–water partition coefficient (Wildman–Crippen LogP) is -0.166. The predicted molar refractivity (Wildman–Crippen MR) is 64.7 cm³/mol. The molecule has 0 bridgehead atoms. The lowest BCUT2D eigenvalue weighted by Crippen LogP contribution is -2.37. The summed E-state index contributed by atoms with van der Waals surface area (Å²) in [5, 5.41) is 9.93. The fourth-order valence-corrected chi connectivity index (χ4v) is 1.40. The molecule has 0 aliphatic carbocycles. The molecule has 0 unspecified atom stereocenters. The molecule has 1 fully saturated rings. The number of aliphatic hydroxyl groups is 1. The molecule has 0 aromatic carbocycles. The molecule has 0 spiro atoms. The van der Waals surface area contributed by atoms with Crippen molar-refractivity contribution in [1.29, 1.82) is 0 Å². The van der Waals surface area contributed by atoms with Gasteiger partial charge >= 0.3 is 0 Å². The largest absolute Gasteiger partial charge is 0.385 e. The monoisotopic (exact) mass is 264 g/mol. The lowest BCUT2D eigenvalue weighted by Gasteiger charge is -2.23. The van der Waals surface area contributed by atoms with Gasteiger partial charge in [0.2, 0.25) is 0 Å². The Morgan fingerprint density at radius 3 is 1.22 bits per heavy atom. The van der Waals surface area contributed by atoms with Gasteiger partial charge in [-0.15, -0.1) is 0 Å². The topological polar surface area (TPSA) is 66.4 Å². The second-order valence-corrected chi connectivity index (χ2v) is 4.44. The Balaban J connectivity index is 2.20. The minimum absolute atomic E-state index is 0.230. The van der Waals surface area contributed by atoms with E-state index in [1.807, 2.05) is 0 Å². The zero-order valence-corrected chi connectivity index (χ0v) is 11.1. The highest BCUT2D eigenvalue weighted by atomic mass is 16.6. The molecule has 6 nitrogen and oxygen atoms in total. The van der Waals surface area contributed by atoms with E-state index in [4.69, 9.17) is 23.7 Å². The SMILES string of the molecule is CC1(O)COCCOCCOCCOCCOC1. The number of ether oxygens (including phenoxy) is 5. The molecule has 108 valence electrons. The Kier molecular flexibility index (Phi) is 8.49. The molecule has 1 aliphatic heterocycles. The minimum Gasteiger partial charge on any atom is -0.385 e. The minimum atomic E-state index is -0.972. The van der Waals surface area contributed by atoms with Crippen LogP contribution in [0.15, 0.2) is 0 Å². The highest BCUT2D eigenvalue weighted by Crippen LogP contribution is 2.04. The third kappa shape index (κ3) is 8.79. The van der Waals surface area contributed by atoms with Crippen LogP contribution in [0.4, 0.5) is 0 Å². The van der Waals surface area contributed by atoms with E-state index in [1.165, 1.54) is 0 Å². The van der Waals surface area contributed by atoms with Crippen molar-refractivity contribution < 1.29 is 28.8 Å². The van der Waals surface area contributed by atoms with E-state index in [-0.39, 0.29) is 13.2 Å². The number of hydrogen-bond donors (Lipinski definition) is 1. The van der Waals surface area contributed by atoms with E-state index in [9.17, 15) is 5.11 Å². The second kappa shape index (κ2) is 9.66. The number of hydrogen-bond acceptors (Lipinski definition) is 6. The average molecular weight is 264 g/mol. The fraction of sp³-hybridized carbons (Fsp3) is 1.00. The summed E-state index contributed by atoms with van der Waals surface area (Å²) in [4.78, 5) is 0. The Hall–Kier alpha value is -0.240. The van der Waals surface area contributed by atoms with Crippen LogP contribution >= 0.6 is 0 Å². The van der Waals surface area contributed by atoms with E-state index in [0.717, 1.165) is 0 Å². The molecule has 1 rings (SSSR count). The summed E-state index contributed by atoms with van der Waals surface area (Å²) in [6, 6.07) is 0. The van der Waals surface area contributed by atoms with Gasteiger partial charge in [0, 0.05) is 0 Å². The van der Waals surface area contributed by atoms with Crippen LogP contribution in [-0.2, 0) is 23.7 Å². The van der Waals surface area contributed by atoms with Gasteiger partial charge in [0.1, 0.15) is 5.60 Å². The van der Waals surface area contributed by atoms with E-state index >= 15 is 0 Å². The average Bonchev–Trinajstić information content (AvgIpc) is 2.32. The van der Waals surface area contributed by atoms with Crippen LogP contribution in [0.3, 0.4) is 0 Å². The first kappa shape index (κ1) is 15.8. The maximum Gasteiger partial charge on any atom is 0.108 e. The molecule has 1 heterocycles. The van der Waals surface area contributed by atoms with Crippen LogP contribution in [-0.4, -0.2) is 76.8 Å². The highest BCUT2D eigenvalue weighted by Gasteiger charge is 2.20. The molecule has 6 heteroatoms. The van der Waals surface area contributed by atoms with Crippen LogP contribution in [0.2, 0.25) is 0 Å². The normalized spacial score (nSPS) is 25.7. The van der Waals surface area contributed by atoms with Crippen molar-refractivity contribution in [3.05, 3.63) is 0 Å². The third-order valence-corrected chi connectivity index (χ3v) is 2.31. The smallest absolute Gasteiger partial charge is 0.108 e. The van der Waals surface area contributed by atoms with Crippen molar-refractivity contribution in [2.75, 3.05) is 66.1 Å². The summed E-state index contributed by atoms with van der Waals surface area (Å²) < 4.78 is 26.5. The zero-order valence-electron chi connectivity index (χ0n) is 11.1. The molecule has 0 amide bonds. The van der Waals surface area contributed by atoms with Crippen molar-refractivity contribution in [3.63, 3.8) is 0 Å². The standard InChI is InChI=1S/C12H24O6/c1-12(13)10-17-8-6-15-4-2-14-3-5-16-7-9-18-11-12/h13H,2-11H2,1H3. The molecule has 1 saturated heterocycles. The van der Waals surface area contributed by atoms with Gasteiger partial charge in [0.25, 0.3) is 0 Å². The molecule has 18 heavy (non-hydrogen) atoms. The van der Waals surface area contributed by atoms with Crippen molar-refractivity contribution >= 4 is 0 Å². The van der Waals surface area contributed by atoms with Crippen molar-refractivity contribution in [2.45, 2.75) is 12.5 Å². The summed E-state index contributed by atoms with van der Waals surface area (Å²) in [5.74, 6) is 0. The van der Waals surface area contributed by atoms with E-state index in [1.54, 1.807) is 6.92 Å². The highest BCUT2D eigenvalue weighted by molar-refractivity contribution is 4.70. The maximum absolute atomic E-state index is 9.93. The molecule has 0 aromatic rings. The molecule has 0 saturated carbocycles.